The predicted molar refractivity (Wildman–Crippen MR) is 90.6 cm³/mol. The Labute approximate surface area is 130 Å². The van der Waals surface area contributed by atoms with Crippen LogP contribution in [0.25, 0.3) is 32.3 Å². The van der Waals surface area contributed by atoms with Crippen LogP contribution in [0, 0.1) is 10.1 Å². The summed E-state index contributed by atoms with van der Waals surface area (Å²) in [5.74, 6) is 0. The van der Waals surface area contributed by atoms with E-state index >= 15 is 0 Å². The second kappa shape index (κ2) is 4.68. The van der Waals surface area contributed by atoms with Crippen molar-refractivity contribution in [2.45, 2.75) is 0 Å². The van der Waals surface area contributed by atoms with Gasteiger partial charge in [0.2, 0.25) is 0 Å². The molecule has 0 aliphatic heterocycles. The third-order valence-corrected chi connectivity index (χ3v) is 4.33. The number of nitro benzene ring substituents is 1. The maximum Gasteiger partial charge on any atom is 0.295 e. The van der Waals surface area contributed by atoms with Crippen molar-refractivity contribution in [1.29, 1.82) is 0 Å². The molecule has 106 valence electrons. The van der Waals surface area contributed by atoms with E-state index in [9.17, 15) is 10.1 Å². The molecule has 0 fully saturated rings. The topological polar surface area (TPSA) is 43.1 Å². The van der Waals surface area contributed by atoms with Crippen molar-refractivity contribution in [2.75, 3.05) is 0 Å². The third kappa shape index (κ3) is 1.76. The molecule has 0 amide bonds. The highest BCUT2D eigenvalue weighted by atomic mass is 35.5. The van der Waals surface area contributed by atoms with Gasteiger partial charge in [0.15, 0.2) is 0 Å². The van der Waals surface area contributed by atoms with Gasteiger partial charge in [0.1, 0.15) is 5.02 Å². The van der Waals surface area contributed by atoms with Gasteiger partial charge in [0.25, 0.3) is 5.69 Å². The van der Waals surface area contributed by atoms with Crippen molar-refractivity contribution in [3.05, 3.63) is 75.8 Å². The number of rotatable bonds is 1. The number of nitrogens with zero attached hydrogens (tertiary/aromatic N) is 1. The molecule has 4 heteroatoms. The lowest BCUT2D eigenvalue weighted by molar-refractivity contribution is -0.382. The lowest BCUT2D eigenvalue weighted by Gasteiger charge is -2.08. The fraction of sp³-hybridized carbons (Fsp3) is 0. The summed E-state index contributed by atoms with van der Waals surface area (Å²) in [6, 6.07) is 19.3. The Bertz CT molecular complexity index is 1070. The monoisotopic (exact) mass is 307 g/mol. The molecule has 3 nitrogen and oxygen atoms in total. The second-order valence-corrected chi connectivity index (χ2v) is 5.60. The number of nitro groups is 1. The minimum absolute atomic E-state index is 0.0331. The minimum Gasteiger partial charge on any atom is -0.258 e. The maximum atomic E-state index is 11.3. The number of hydrogen-bond donors (Lipinski definition) is 0. The van der Waals surface area contributed by atoms with Gasteiger partial charge in [-0.25, -0.2) is 0 Å². The average molecular weight is 308 g/mol. The average Bonchev–Trinajstić information content (AvgIpc) is 2.53. The highest BCUT2D eigenvalue weighted by Gasteiger charge is 2.18. The van der Waals surface area contributed by atoms with Gasteiger partial charge in [0.05, 0.1) is 10.3 Å². The van der Waals surface area contributed by atoms with Crippen molar-refractivity contribution in [3.8, 4) is 0 Å². The first-order valence-electron chi connectivity index (χ1n) is 6.84. The Morgan fingerprint density at radius 3 is 2.14 bits per heavy atom. The lowest BCUT2D eigenvalue weighted by atomic mass is 9.96. The molecular formula is C18H10ClNO2. The second-order valence-electron chi connectivity index (χ2n) is 5.20. The quantitative estimate of drug-likeness (QED) is 0.257. The molecule has 0 bridgehead atoms. The fourth-order valence-corrected chi connectivity index (χ4v) is 3.28. The number of hydrogen-bond acceptors (Lipinski definition) is 2. The number of fused-ring (bicyclic) bond motifs is 5. The van der Waals surface area contributed by atoms with Crippen LogP contribution in [0.2, 0.25) is 5.02 Å². The molecule has 0 radical (unpaired) electrons. The summed E-state index contributed by atoms with van der Waals surface area (Å²) in [6.45, 7) is 0. The molecule has 4 rings (SSSR count). The molecule has 0 aromatic heterocycles. The van der Waals surface area contributed by atoms with Gasteiger partial charge in [-0.2, -0.15) is 0 Å². The van der Waals surface area contributed by atoms with E-state index in [1.54, 1.807) is 12.1 Å². The molecule has 4 aromatic rings. The zero-order valence-electron chi connectivity index (χ0n) is 11.4. The van der Waals surface area contributed by atoms with Crippen LogP contribution in [0.1, 0.15) is 0 Å². The molecule has 0 spiro atoms. The van der Waals surface area contributed by atoms with E-state index in [1.807, 2.05) is 36.4 Å². The largest absolute Gasteiger partial charge is 0.295 e. The van der Waals surface area contributed by atoms with E-state index in [4.69, 9.17) is 11.6 Å². The van der Waals surface area contributed by atoms with Crippen molar-refractivity contribution < 1.29 is 4.92 Å². The maximum absolute atomic E-state index is 11.3. The van der Waals surface area contributed by atoms with Gasteiger partial charge in [-0.3, -0.25) is 10.1 Å². The first kappa shape index (κ1) is 13.0. The van der Waals surface area contributed by atoms with Crippen LogP contribution in [0.5, 0.6) is 0 Å². The van der Waals surface area contributed by atoms with Gasteiger partial charge in [-0.1, -0.05) is 60.1 Å². The Morgan fingerprint density at radius 2 is 1.32 bits per heavy atom. The van der Waals surface area contributed by atoms with E-state index in [-0.39, 0.29) is 10.7 Å². The molecule has 22 heavy (non-hydrogen) atoms. The number of halogens is 1. The van der Waals surface area contributed by atoms with Crippen LogP contribution >= 0.6 is 11.6 Å². The van der Waals surface area contributed by atoms with Gasteiger partial charge in [-0.15, -0.1) is 0 Å². The molecule has 4 aromatic carbocycles. The van der Waals surface area contributed by atoms with Crippen LogP contribution in [0.15, 0.2) is 60.7 Å². The highest BCUT2D eigenvalue weighted by molar-refractivity contribution is 6.34. The summed E-state index contributed by atoms with van der Waals surface area (Å²) in [5.41, 5.74) is -0.0331. The Hall–Kier alpha value is -2.65. The molecule has 0 saturated heterocycles. The molecule has 0 aliphatic rings. The fourth-order valence-electron chi connectivity index (χ4n) is 3.05. The number of benzene rings is 4. The Kier molecular flexibility index (Phi) is 2.78. The van der Waals surface area contributed by atoms with Gasteiger partial charge in [-0.05, 0) is 39.1 Å². The van der Waals surface area contributed by atoms with E-state index < -0.39 is 4.92 Å². The van der Waals surface area contributed by atoms with Gasteiger partial charge in [0, 0.05) is 0 Å². The Balaban J connectivity index is 2.23. The van der Waals surface area contributed by atoms with Crippen LogP contribution in [0.3, 0.4) is 0 Å². The van der Waals surface area contributed by atoms with Crippen molar-refractivity contribution in [1.82, 2.24) is 0 Å². The van der Waals surface area contributed by atoms with Gasteiger partial charge < -0.3 is 0 Å². The van der Waals surface area contributed by atoms with Crippen molar-refractivity contribution in [2.24, 2.45) is 0 Å². The molecule has 0 atom stereocenters. The SMILES string of the molecule is O=[N+]([O-])c1c(Cl)ccc2c1ccc1c3ccccc3ccc21. The summed E-state index contributed by atoms with van der Waals surface area (Å²) in [6.07, 6.45) is 0. The standard InChI is InChI=1S/C18H10ClNO2/c19-17-10-9-15-14-6-5-11-3-1-2-4-12(11)13(14)7-8-16(15)18(17)20(21)22/h1-10H. The van der Waals surface area contributed by atoms with Gasteiger partial charge >= 0.3 is 0 Å². The summed E-state index contributed by atoms with van der Waals surface area (Å²) in [5, 5.41) is 17.3. The molecule has 0 heterocycles. The van der Waals surface area contributed by atoms with Crippen LogP contribution in [-0.4, -0.2) is 4.92 Å². The summed E-state index contributed by atoms with van der Waals surface area (Å²) < 4.78 is 0. The van der Waals surface area contributed by atoms with Crippen LogP contribution < -0.4 is 0 Å². The lowest BCUT2D eigenvalue weighted by Crippen LogP contribution is -1.91. The van der Waals surface area contributed by atoms with E-state index in [2.05, 4.69) is 12.1 Å². The smallest absolute Gasteiger partial charge is 0.258 e. The van der Waals surface area contributed by atoms with Crippen molar-refractivity contribution in [3.63, 3.8) is 0 Å². The third-order valence-electron chi connectivity index (χ3n) is 4.03. The zero-order chi connectivity index (χ0) is 15.3. The van der Waals surface area contributed by atoms with E-state index in [0.717, 1.165) is 26.9 Å². The Morgan fingerprint density at radius 1 is 0.727 bits per heavy atom. The zero-order valence-corrected chi connectivity index (χ0v) is 12.2. The summed E-state index contributed by atoms with van der Waals surface area (Å²) >= 11 is 6.00. The highest BCUT2D eigenvalue weighted by Crippen LogP contribution is 2.38. The van der Waals surface area contributed by atoms with E-state index in [0.29, 0.717) is 5.39 Å². The summed E-state index contributed by atoms with van der Waals surface area (Å²) in [4.78, 5) is 10.9. The van der Waals surface area contributed by atoms with E-state index in [1.165, 1.54) is 0 Å². The van der Waals surface area contributed by atoms with Crippen LogP contribution in [-0.2, 0) is 0 Å². The first-order valence-corrected chi connectivity index (χ1v) is 7.22. The molecular weight excluding hydrogens is 298 g/mol. The molecule has 0 N–H and O–H groups in total. The normalized spacial score (nSPS) is 11.3. The molecule has 0 unspecified atom stereocenters. The molecule has 0 aliphatic carbocycles. The first-order chi connectivity index (χ1) is 10.7. The molecule has 0 saturated carbocycles. The summed E-state index contributed by atoms with van der Waals surface area (Å²) in [7, 11) is 0. The van der Waals surface area contributed by atoms with Crippen LogP contribution in [0.4, 0.5) is 5.69 Å². The minimum atomic E-state index is -0.419. The predicted octanol–water partition coefficient (Wildman–Crippen LogP) is 5.71. The van der Waals surface area contributed by atoms with Crippen molar-refractivity contribution >= 4 is 49.6 Å².